The van der Waals surface area contributed by atoms with Crippen LogP contribution in [0.5, 0.6) is 0 Å². The van der Waals surface area contributed by atoms with E-state index in [2.05, 4.69) is 5.32 Å². The number of carbonyl (C=O) groups is 2. The van der Waals surface area contributed by atoms with Crippen LogP contribution in [0.4, 0.5) is 0 Å². The largest absolute Gasteiger partial charge is 0.353 e. The summed E-state index contributed by atoms with van der Waals surface area (Å²) >= 11 is 1.74. The molecule has 0 saturated carbocycles. The van der Waals surface area contributed by atoms with Gasteiger partial charge in [0.1, 0.15) is 6.04 Å². The van der Waals surface area contributed by atoms with Gasteiger partial charge in [0, 0.05) is 38.4 Å². The SMILES string of the molecule is CSCC[C@H](C(=O)NCCN1CCCC1=O)n1cccc1. The molecule has 1 fully saturated rings. The van der Waals surface area contributed by atoms with E-state index in [-0.39, 0.29) is 17.9 Å². The van der Waals surface area contributed by atoms with E-state index in [1.165, 1.54) is 0 Å². The van der Waals surface area contributed by atoms with Crippen molar-refractivity contribution in [1.29, 1.82) is 0 Å². The number of likely N-dealkylation sites (tertiary alicyclic amines) is 1. The van der Waals surface area contributed by atoms with Crippen LogP contribution >= 0.6 is 11.8 Å². The highest BCUT2D eigenvalue weighted by atomic mass is 32.2. The molecule has 21 heavy (non-hydrogen) atoms. The predicted molar refractivity (Wildman–Crippen MR) is 85.3 cm³/mol. The third-order valence-electron chi connectivity index (χ3n) is 3.74. The standard InChI is InChI=1S/C15H23N3O2S/c1-21-12-6-13(17-8-2-3-9-17)15(20)16-7-11-18-10-4-5-14(18)19/h2-3,8-9,13H,4-7,10-12H2,1H3,(H,16,20)/t13-/m1/s1. The van der Waals surface area contributed by atoms with Gasteiger partial charge in [0.05, 0.1) is 0 Å². The minimum absolute atomic E-state index is 0.0342. The quantitative estimate of drug-likeness (QED) is 0.792. The van der Waals surface area contributed by atoms with Crippen LogP contribution in [0.1, 0.15) is 25.3 Å². The number of nitrogens with zero attached hydrogens (tertiary/aromatic N) is 2. The highest BCUT2D eigenvalue weighted by Crippen LogP contribution is 2.15. The molecule has 0 unspecified atom stereocenters. The summed E-state index contributed by atoms with van der Waals surface area (Å²) in [5, 5.41) is 2.96. The normalized spacial score (nSPS) is 16.2. The fourth-order valence-electron chi connectivity index (χ4n) is 2.57. The number of aromatic nitrogens is 1. The summed E-state index contributed by atoms with van der Waals surface area (Å²) in [6, 6.07) is 3.70. The number of hydrogen-bond donors (Lipinski definition) is 1. The molecule has 2 rings (SSSR count). The maximum absolute atomic E-state index is 12.4. The van der Waals surface area contributed by atoms with Crippen LogP contribution < -0.4 is 5.32 Å². The van der Waals surface area contributed by atoms with Crippen molar-refractivity contribution in [3.8, 4) is 0 Å². The lowest BCUT2D eigenvalue weighted by Gasteiger charge is -2.20. The molecule has 1 atom stereocenters. The lowest BCUT2D eigenvalue weighted by molar-refractivity contribution is -0.129. The maximum atomic E-state index is 12.4. The van der Waals surface area contributed by atoms with Gasteiger partial charge >= 0.3 is 0 Å². The minimum atomic E-state index is -0.165. The summed E-state index contributed by atoms with van der Waals surface area (Å²) < 4.78 is 1.95. The molecular weight excluding hydrogens is 286 g/mol. The van der Waals surface area contributed by atoms with Gasteiger partial charge in [-0.25, -0.2) is 0 Å². The highest BCUT2D eigenvalue weighted by Gasteiger charge is 2.21. The van der Waals surface area contributed by atoms with Crippen molar-refractivity contribution < 1.29 is 9.59 Å². The van der Waals surface area contributed by atoms with E-state index < -0.39 is 0 Å². The van der Waals surface area contributed by atoms with Crippen molar-refractivity contribution >= 4 is 23.6 Å². The van der Waals surface area contributed by atoms with Gasteiger partial charge in [-0.3, -0.25) is 9.59 Å². The van der Waals surface area contributed by atoms with Crippen LogP contribution in [-0.2, 0) is 9.59 Å². The second-order valence-electron chi connectivity index (χ2n) is 5.20. The average Bonchev–Trinajstić information content (AvgIpc) is 3.12. The molecule has 0 aliphatic carbocycles. The molecule has 116 valence electrons. The molecule has 0 spiro atoms. The molecule has 5 nitrogen and oxygen atoms in total. The number of amides is 2. The zero-order valence-electron chi connectivity index (χ0n) is 12.5. The first-order valence-corrected chi connectivity index (χ1v) is 8.78. The van der Waals surface area contributed by atoms with Crippen molar-refractivity contribution in [1.82, 2.24) is 14.8 Å². The highest BCUT2D eigenvalue weighted by molar-refractivity contribution is 7.98. The molecule has 0 bridgehead atoms. The van der Waals surface area contributed by atoms with Crippen LogP contribution in [-0.4, -0.2) is 52.9 Å². The lowest BCUT2D eigenvalue weighted by atomic mass is 10.2. The molecule has 6 heteroatoms. The molecule has 0 radical (unpaired) electrons. The first-order chi connectivity index (χ1) is 10.2. The van der Waals surface area contributed by atoms with Gasteiger partial charge in [0.25, 0.3) is 0 Å². The summed E-state index contributed by atoms with van der Waals surface area (Å²) in [7, 11) is 0. The Bertz CT molecular complexity index is 461. The van der Waals surface area contributed by atoms with Gasteiger partial charge in [-0.05, 0) is 37.0 Å². The zero-order chi connectivity index (χ0) is 15.1. The van der Waals surface area contributed by atoms with Crippen LogP contribution in [0.15, 0.2) is 24.5 Å². The first kappa shape index (κ1) is 15.9. The summed E-state index contributed by atoms with van der Waals surface area (Å²) in [6.07, 6.45) is 8.29. The van der Waals surface area contributed by atoms with Gasteiger partial charge in [0.2, 0.25) is 11.8 Å². The van der Waals surface area contributed by atoms with Crippen molar-refractivity contribution in [3.63, 3.8) is 0 Å². The lowest BCUT2D eigenvalue weighted by Crippen LogP contribution is -2.38. The van der Waals surface area contributed by atoms with Crippen LogP contribution in [0.25, 0.3) is 0 Å². The van der Waals surface area contributed by atoms with Gasteiger partial charge < -0.3 is 14.8 Å². The first-order valence-electron chi connectivity index (χ1n) is 7.39. The van der Waals surface area contributed by atoms with Crippen molar-refractivity contribution in [3.05, 3.63) is 24.5 Å². The number of thioether (sulfide) groups is 1. The zero-order valence-corrected chi connectivity index (χ0v) is 13.3. The second-order valence-corrected chi connectivity index (χ2v) is 6.19. The van der Waals surface area contributed by atoms with E-state index in [1.807, 2.05) is 40.2 Å². The Morgan fingerprint density at radius 1 is 1.43 bits per heavy atom. The van der Waals surface area contributed by atoms with E-state index in [0.717, 1.165) is 25.1 Å². The van der Waals surface area contributed by atoms with Crippen molar-refractivity contribution in [2.75, 3.05) is 31.6 Å². The molecule has 2 amide bonds. The molecule has 1 saturated heterocycles. The Morgan fingerprint density at radius 2 is 2.19 bits per heavy atom. The van der Waals surface area contributed by atoms with Crippen LogP contribution in [0.2, 0.25) is 0 Å². The maximum Gasteiger partial charge on any atom is 0.243 e. The van der Waals surface area contributed by atoms with Crippen LogP contribution in [0, 0.1) is 0 Å². The van der Waals surface area contributed by atoms with E-state index in [4.69, 9.17) is 0 Å². The smallest absolute Gasteiger partial charge is 0.243 e. The molecule has 1 aromatic heterocycles. The van der Waals surface area contributed by atoms with Gasteiger partial charge in [-0.2, -0.15) is 11.8 Å². The second kappa shape index (κ2) is 8.12. The summed E-state index contributed by atoms with van der Waals surface area (Å²) in [6.45, 7) is 1.97. The van der Waals surface area contributed by atoms with E-state index >= 15 is 0 Å². The molecule has 0 aromatic carbocycles. The Hall–Kier alpha value is -1.43. The molecular formula is C15H23N3O2S. The fraction of sp³-hybridized carbons (Fsp3) is 0.600. The number of nitrogens with one attached hydrogen (secondary N) is 1. The topological polar surface area (TPSA) is 54.3 Å². The average molecular weight is 309 g/mol. The van der Waals surface area contributed by atoms with E-state index in [1.54, 1.807) is 11.8 Å². The molecule has 2 heterocycles. The molecule has 1 aliphatic rings. The number of carbonyl (C=O) groups excluding carboxylic acids is 2. The molecule has 1 N–H and O–H groups in total. The van der Waals surface area contributed by atoms with Crippen LogP contribution in [0.3, 0.4) is 0 Å². The fourth-order valence-corrected chi connectivity index (χ4v) is 3.03. The summed E-state index contributed by atoms with van der Waals surface area (Å²) in [4.78, 5) is 25.7. The number of hydrogen-bond acceptors (Lipinski definition) is 3. The third-order valence-corrected chi connectivity index (χ3v) is 4.38. The Balaban J connectivity index is 1.82. The number of rotatable bonds is 8. The minimum Gasteiger partial charge on any atom is -0.353 e. The third kappa shape index (κ3) is 4.52. The summed E-state index contributed by atoms with van der Waals surface area (Å²) in [5.74, 6) is 1.18. The van der Waals surface area contributed by atoms with Gasteiger partial charge in [-0.1, -0.05) is 0 Å². The molecule has 1 aromatic rings. The monoisotopic (exact) mass is 309 g/mol. The Morgan fingerprint density at radius 3 is 2.81 bits per heavy atom. The Labute approximate surface area is 130 Å². The molecule has 1 aliphatic heterocycles. The van der Waals surface area contributed by atoms with Crippen molar-refractivity contribution in [2.45, 2.75) is 25.3 Å². The predicted octanol–water partition coefficient (Wildman–Crippen LogP) is 1.52. The Kier molecular flexibility index (Phi) is 6.17. The summed E-state index contributed by atoms with van der Waals surface area (Å²) in [5.41, 5.74) is 0. The van der Waals surface area contributed by atoms with E-state index in [0.29, 0.717) is 19.5 Å². The van der Waals surface area contributed by atoms with Gasteiger partial charge in [0.15, 0.2) is 0 Å². The van der Waals surface area contributed by atoms with Crippen molar-refractivity contribution in [2.24, 2.45) is 0 Å². The van der Waals surface area contributed by atoms with E-state index in [9.17, 15) is 9.59 Å². The van der Waals surface area contributed by atoms with Gasteiger partial charge in [-0.15, -0.1) is 0 Å².